The summed E-state index contributed by atoms with van der Waals surface area (Å²) in [6.07, 6.45) is 6.08. The summed E-state index contributed by atoms with van der Waals surface area (Å²) in [5.74, 6) is 1.13. The Kier molecular flexibility index (Phi) is 6.86. The normalized spacial score (nSPS) is 11.9. The molecule has 0 aliphatic carbocycles. The molecule has 1 atom stereocenters. The zero-order valence-electron chi connectivity index (χ0n) is 11.7. The minimum Gasteiger partial charge on any atom is -0.493 e. The monoisotopic (exact) mass is 262 g/mol. The van der Waals surface area contributed by atoms with Crippen LogP contribution in [0.15, 0.2) is 18.2 Å². The van der Waals surface area contributed by atoms with Crippen LogP contribution < -0.4 is 4.74 Å². The maximum atomic E-state index is 10.8. The van der Waals surface area contributed by atoms with E-state index in [9.17, 15) is 9.59 Å². The minimum atomic E-state index is 0.473. The number of hydrogen-bond donors (Lipinski definition) is 0. The first-order chi connectivity index (χ1) is 9.23. The molecule has 1 unspecified atom stereocenters. The average Bonchev–Trinajstić information content (AvgIpc) is 2.47. The standard InChI is InChI=1S/C16H22O3/c1-3-5-6-13(4-2)12-19-16-8-14(10-17)7-15(9-16)11-18/h7-11,13H,3-6,12H2,1-2H3. The highest BCUT2D eigenvalue weighted by atomic mass is 16.5. The van der Waals surface area contributed by atoms with Gasteiger partial charge in [-0.15, -0.1) is 0 Å². The summed E-state index contributed by atoms with van der Waals surface area (Å²) in [7, 11) is 0. The zero-order chi connectivity index (χ0) is 14.1. The first-order valence-electron chi connectivity index (χ1n) is 6.91. The molecule has 1 rings (SSSR count). The molecule has 0 aliphatic rings. The van der Waals surface area contributed by atoms with Gasteiger partial charge in [-0.2, -0.15) is 0 Å². The van der Waals surface area contributed by atoms with Crippen molar-refractivity contribution in [1.82, 2.24) is 0 Å². The fraction of sp³-hybridized carbons (Fsp3) is 0.500. The van der Waals surface area contributed by atoms with Gasteiger partial charge < -0.3 is 4.74 Å². The SMILES string of the molecule is CCCCC(CC)COc1cc(C=O)cc(C=O)c1. The second-order valence-electron chi connectivity index (χ2n) is 4.80. The first kappa shape index (κ1) is 15.4. The van der Waals surface area contributed by atoms with Crippen molar-refractivity contribution in [2.24, 2.45) is 5.92 Å². The van der Waals surface area contributed by atoms with Crippen LogP contribution >= 0.6 is 0 Å². The van der Waals surface area contributed by atoms with Crippen LogP contribution in [0.5, 0.6) is 5.75 Å². The van der Waals surface area contributed by atoms with Crippen LogP contribution in [0.2, 0.25) is 0 Å². The van der Waals surface area contributed by atoms with E-state index in [1.165, 1.54) is 12.8 Å². The van der Waals surface area contributed by atoms with E-state index >= 15 is 0 Å². The fourth-order valence-corrected chi connectivity index (χ4v) is 1.98. The highest BCUT2D eigenvalue weighted by Gasteiger charge is 2.08. The van der Waals surface area contributed by atoms with Crippen molar-refractivity contribution in [3.63, 3.8) is 0 Å². The van der Waals surface area contributed by atoms with Crippen molar-refractivity contribution < 1.29 is 14.3 Å². The average molecular weight is 262 g/mol. The predicted molar refractivity (Wildman–Crippen MR) is 76.0 cm³/mol. The van der Waals surface area contributed by atoms with Crippen LogP contribution in [-0.2, 0) is 0 Å². The van der Waals surface area contributed by atoms with Gasteiger partial charge in [-0.05, 0) is 30.5 Å². The molecular weight excluding hydrogens is 240 g/mol. The van der Waals surface area contributed by atoms with E-state index in [1.54, 1.807) is 18.2 Å². The van der Waals surface area contributed by atoms with Crippen molar-refractivity contribution in [2.45, 2.75) is 39.5 Å². The lowest BCUT2D eigenvalue weighted by Gasteiger charge is -2.16. The first-order valence-corrected chi connectivity index (χ1v) is 6.91. The Hall–Kier alpha value is -1.64. The van der Waals surface area contributed by atoms with E-state index in [4.69, 9.17) is 4.74 Å². The van der Waals surface area contributed by atoms with Gasteiger partial charge in [-0.1, -0.05) is 33.1 Å². The molecule has 0 fully saturated rings. The lowest BCUT2D eigenvalue weighted by atomic mass is 10.0. The van der Waals surface area contributed by atoms with E-state index < -0.39 is 0 Å². The highest BCUT2D eigenvalue weighted by molar-refractivity contribution is 5.83. The Bertz CT molecular complexity index is 386. The minimum absolute atomic E-state index is 0.473. The van der Waals surface area contributed by atoms with E-state index in [2.05, 4.69) is 13.8 Å². The molecule has 19 heavy (non-hydrogen) atoms. The summed E-state index contributed by atoms with van der Waals surface area (Å²) in [6.45, 7) is 4.97. The van der Waals surface area contributed by atoms with E-state index in [0.29, 0.717) is 29.4 Å². The molecule has 3 nitrogen and oxygen atoms in total. The maximum absolute atomic E-state index is 10.8. The number of ether oxygens (including phenoxy) is 1. The molecule has 0 aromatic heterocycles. The van der Waals surface area contributed by atoms with E-state index in [0.717, 1.165) is 25.4 Å². The summed E-state index contributed by atoms with van der Waals surface area (Å²) in [5.41, 5.74) is 0.947. The van der Waals surface area contributed by atoms with Gasteiger partial charge in [0, 0.05) is 11.1 Å². The number of benzene rings is 1. The molecule has 0 spiro atoms. The van der Waals surface area contributed by atoms with Gasteiger partial charge in [-0.25, -0.2) is 0 Å². The number of carbonyl (C=O) groups excluding carboxylic acids is 2. The third-order valence-electron chi connectivity index (χ3n) is 3.25. The topological polar surface area (TPSA) is 43.4 Å². The van der Waals surface area contributed by atoms with Crippen molar-refractivity contribution in [1.29, 1.82) is 0 Å². The van der Waals surface area contributed by atoms with Crippen molar-refractivity contribution in [3.05, 3.63) is 29.3 Å². The predicted octanol–water partition coefficient (Wildman–Crippen LogP) is 3.91. The lowest BCUT2D eigenvalue weighted by Crippen LogP contribution is -2.11. The molecular formula is C16H22O3. The van der Waals surface area contributed by atoms with Crippen LogP contribution in [0, 0.1) is 5.92 Å². The molecule has 0 amide bonds. The third kappa shape index (κ3) is 5.25. The molecule has 0 saturated carbocycles. The van der Waals surface area contributed by atoms with Crippen LogP contribution in [0.1, 0.15) is 60.2 Å². The molecule has 1 aromatic carbocycles. The van der Waals surface area contributed by atoms with E-state index in [1.807, 2.05) is 0 Å². The summed E-state index contributed by atoms with van der Waals surface area (Å²) in [5, 5.41) is 0. The summed E-state index contributed by atoms with van der Waals surface area (Å²) in [4.78, 5) is 21.6. The van der Waals surface area contributed by atoms with Gasteiger partial charge in [0.25, 0.3) is 0 Å². The molecule has 0 N–H and O–H groups in total. The Labute approximate surface area is 115 Å². The van der Waals surface area contributed by atoms with Gasteiger partial charge in [0.2, 0.25) is 0 Å². The number of carbonyl (C=O) groups is 2. The zero-order valence-corrected chi connectivity index (χ0v) is 11.7. The Morgan fingerprint density at radius 2 is 1.74 bits per heavy atom. The molecule has 0 bridgehead atoms. The Morgan fingerprint density at radius 3 is 2.21 bits per heavy atom. The van der Waals surface area contributed by atoms with Crippen LogP contribution in [0.3, 0.4) is 0 Å². The van der Waals surface area contributed by atoms with Crippen LogP contribution in [-0.4, -0.2) is 19.2 Å². The smallest absolute Gasteiger partial charge is 0.150 e. The third-order valence-corrected chi connectivity index (χ3v) is 3.25. The summed E-state index contributed by atoms with van der Waals surface area (Å²) < 4.78 is 5.72. The Morgan fingerprint density at radius 1 is 1.11 bits per heavy atom. The van der Waals surface area contributed by atoms with Crippen molar-refractivity contribution in [2.75, 3.05) is 6.61 Å². The summed E-state index contributed by atoms with van der Waals surface area (Å²) >= 11 is 0. The van der Waals surface area contributed by atoms with Crippen molar-refractivity contribution in [3.8, 4) is 5.75 Å². The number of aldehydes is 2. The number of hydrogen-bond acceptors (Lipinski definition) is 3. The van der Waals surface area contributed by atoms with Gasteiger partial charge in [0.05, 0.1) is 6.61 Å². The Balaban J connectivity index is 2.65. The second kappa shape index (κ2) is 8.46. The van der Waals surface area contributed by atoms with Gasteiger partial charge >= 0.3 is 0 Å². The highest BCUT2D eigenvalue weighted by Crippen LogP contribution is 2.19. The van der Waals surface area contributed by atoms with Gasteiger partial charge in [0.15, 0.2) is 0 Å². The van der Waals surface area contributed by atoms with Gasteiger partial charge in [-0.3, -0.25) is 9.59 Å². The van der Waals surface area contributed by atoms with Gasteiger partial charge in [0.1, 0.15) is 18.3 Å². The van der Waals surface area contributed by atoms with Crippen LogP contribution in [0.25, 0.3) is 0 Å². The molecule has 104 valence electrons. The quantitative estimate of drug-likeness (QED) is 0.634. The molecule has 3 heteroatoms. The molecule has 0 heterocycles. The van der Waals surface area contributed by atoms with E-state index in [-0.39, 0.29) is 0 Å². The molecule has 1 aromatic rings. The van der Waals surface area contributed by atoms with Crippen molar-refractivity contribution >= 4 is 12.6 Å². The van der Waals surface area contributed by atoms with Crippen LogP contribution in [0.4, 0.5) is 0 Å². The summed E-state index contributed by atoms with van der Waals surface area (Å²) in [6, 6.07) is 4.90. The number of unbranched alkanes of at least 4 members (excludes halogenated alkanes) is 1. The number of rotatable bonds is 9. The second-order valence-corrected chi connectivity index (χ2v) is 4.80. The maximum Gasteiger partial charge on any atom is 0.150 e. The fourth-order valence-electron chi connectivity index (χ4n) is 1.98. The molecule has 0 radical (unpaired) electrons. The lowest BCUT2D eigenvalue weighted by molar-refractivity contribution is 0.112. The largest absolute Gasteiger partial charge is 0.493 e. The molecule has 0 aliphatic heterocycles. The molecule has 0 saturated heterocycles.